The molecule has 1 heterocycles. The van der Waals surface area contributed by atoms with Crippen molar-refractivity contribution < 1.29 is 17.9 Å². The van der Waals surface area contributed by atoms with Crippen molar-refractivity contribution in [3.8, 4) is 0 Å². The fourth-order valence-electron chi connectivity index (χ4n) is 3.07. The Morgan fingerprint density at radius 2 is 1.79 bits per heavy atom. The molecule has 2 N–H and O–H groups in total. The highest BCUT2D eigenvalue weighted by molar-refractivity contribution is 7.89. The van der Waals surface area contributed by atoms with E-state index in [0.29, 0.717) is 18.7 Å². The number of amides is 1. The summed E-state index contributed by atoms with van der Waals surface area (Å²) in [5.41, 5.74) is 2.49. The van der Waals surface area contributed by atoms with Crippen LogP contribution in [0.3, 0.4) is 0 Å². The van der Waals surface area contributed by atoms with Crippen LogP contribution < -0.4 is 14.9 Å². The number of ether oxygens (including phenoxy) is 1. The van der Waals surface area contributed by atoms with Crippen molar-refractivity contribution in [1.29, 1.82) is 0 Å². The van der Waals surface area contributed by atoms with Gasteiger partial charge in [-0.3, -0.25) is 4.79 Å². The van der Waals surface area contributed by atoms with E-state index >= 15 is 0 Å². The first-order valence-corrected chi connectivity index (χ1v) is 11.1. The first kappa shape index (κ1) is 21.3. The van der Waals surface area contributed by atoms with Gasteiger partial charge in [0.25, 0.3) is 5.91 Å². The van der Waals surface area contributed by atoms with Crippen LogP contribution in [0.2, 0.25) is 0 Å². The van der Waals surface area contributed by atoms with Crippen molar-refractivity contribution in [1.82, 2.24) is 10.0 Å². The first-order chi connectivity index (χ1) is 13.8. The molecule has 1 fully saturated rings. The summed E-state index contributed by atoms with van der Waals surface area (Å²) < 4.78 is 32.8. The van der Waals surface area contributed by atoms with Gasteiger partial charge in [-0.15, -0.1) is 0 Å². The molecule has 0 spiro atoms. The summed E-state index contributed by atoms with van der Waals surface area (Å²) in [5.74, 6) is -0.252. The Bertz CT molecular complexity index is 919. The molecule has 7 nitrogen and oxygen atoms in total. The number of nitrogens with one attached hydrogen (secondary N) is 2. The highest BCUT2D eigenvalue weighted by Gasteiger charge is 2.20. The number of hydrogen-bond acceptors (Lipinski definition) is 5. The van der Waals surface area contributed by atoms with Gasteiger partial charge < -0.3 is 15.0 Å². The topological polar surface area (TPSA) is 87.7 Å². The summed E-state index contributed by atoms with van der Waals surface area (Å²) in [4.78, 5) is 14.5. The predicted molar refractivity (Wildman–Crippen MR) is 113 cm³/mol. The molecule has 2 aromatic carbocycles. The third-order valence-corrected chi connectivity index (χ3v) is 6.30. The van der Waals surface area contributed by atoms with Crippen LogP contribution in [-0.4, -0.2) is 47.7 Å². The zero-order valence-corrected chi connectivity index (χ0v) is 17.5. The largest absolute Gasteiger partial charge is 0.378 e. The van der Waals surface area contributed by atoms with Gasteiger partial charge in [-0.05, 0) is 54.8 Å². The van der Waals surface area contributed by atoms with E-state index < -0.39 is 10.0 Å². The second kappa shape index (κ2) is 9.39. The SMILES string of the molecule is CN(C)c1ccc(CNC(=O)c2ccc(S(=O)(=O)NCC3CCCO3)cc2)cc1. The minimum Gasteiger partial charge on any atom is -0.378 e. The van der Waals surface area contributed by atoms with Gasteiger partial charge in [0.15, 0.2) is 0 Å². The van der Waals surface area contributed by atoms with E-state index in [1.807, 2.05) is 43.3 Å². The summed E-state index contributed by atoms with van der Waals surface area (Å²) in [6, 6.07) is 13.8. The van der Waals surface area contributed by atoms with Gasteiger partial charge in [-0.2, -0.15) is 0 Å². The zero-order valence-electron chi connectivity index (χ0n) is 16.7. The van der Waals surface area contributed by atoms with E-state index in [1.165, 1.54) is 24.3 Å². The van der Waals surface area contributed by atoms with Crippen molar-refractivity contribution in [2.45, 2.75) is 30.4 Å². The molecule has 0 bridgehead atoms. The third kappa shape index (κ3) is 5.79. The highest BCUT2D eigenvalue weighted by atomic mass is 32.2. The first-order valence-electron chi connectivity index (χ1n) is 9.61. The van der Waals surface area contributed by atoms with Crippen molar-refractivity contribution in [3.05, 3.63) is 59.7 Å². The Labute approximate surface area is 172 Å². The Balaban J connectivity index is 1.55. The van der Waals surface area contributed by atoms with Crippen LogP contribution >= 0.6 is 0 Å². The maximum atomic E-state index is 12.4. The molecule has 0 radical (unpaired) electrons. The molecule has 1 unspecified atom stereocenters. The number of rotatable bonds is 8. The van der Waals surface area contributed by atoms with Gasteiger partial charge in [0.2, 0.25) is 10.0 Å². The number of carbonyl (C=O) groups is 1. The fraction of sp³-hybridized carbons (Fsp3) is 0.381. The Morgan fingerprint density at radius 3 is 2.38 bits per heavy atom. The molecule has 1 saturated heterocycles. The van der Waals surface area contributed by atoms with E-state index in [9.17, 15) is 13.2 Å². The molecule has 0 saturated carbocycles. The lowest BCUT2D eigenvalue weighted by molar-refractivity contribution is 0.0951. The molecule has 2 aromatic rings. The van der Waals surface area contributed by atoms with Gasteiger partial charge in [0.1, 0.15) is 0 Å². The van der Waals surface area contributed by atoms with Gasteiger partial charge in [-0.1, -0.05) is 12.1 Å². The monoisotopic (exact) mass is 417 g/mol. The van der Waals surface area contributed by atoms with Crippen LogP contribution in [0.25, 0.3) is 0 Å². The van der Waals surface area contributed by atoms with Crippen LogP contribution in [0, 0.1) is 0 Å². The second-order valence-electron chi connectivity index (χ2n) is 7.25. The number of benzene rings is 2. The lowest BCUT2D eigenvalue weighted by Crippen LogP contribution is -2.31. The van der Waals surface area contributed by atoms with E-state index in [4.69, 9.17) is 4.74 Å². The van der Waals surface area contributed by atoms with E-state index in [1.54, 1.807) is 0 Å². The highest BCUT2D eigenvalue weighted by Crippen LogP contribution is 2.15. The second-order valence-corrected chi connectivity index (χ2v) is 9.02. The molecule has 1 aliphatic heterocycles. The van der Waals surface area contributed by atoms with E-state index in [2.05, 4.69) is 10.0 Å². The van der Waals surface area contributed by atoms with E-state index in [-0.39, 0.29) is 23.5 Å². The summed E-state index contributed by atoms with van der Waals surface area (Å²) >= 11 is 0. The lowest BCUT2D eigenvalue weighted by Gasteiger charge is -2.13. The molecule has 1 atom stereocenters. The molecule has 0 aliphatic carbocycles. The fourth-order valence-corrected chi connectivity index (χ4v) is 4.14. The molecule has 1 aliphatic rings. The third-order valence-electron chi connectivity index (χ3n) is 4.86. The molecule has 8 heteroatoms. The summed E-state index contributed by atoms with van der Waals surface area (Å²) in [6.45, 7) is 1.34. The smallest absolute Gasteiger partial charge is 0.251 e. The average Bonchev–Trinajstić information content (AvgIpc) is 3.25. The molecule has 29 heavy (non-hydrogen) atoms. The summed E-state index contributed by atoms with van der Waals surface area (Å²) in [7, 11) is 0.319. The van der Waals surface area contributed by atoms with Gasteiger partial charge >= 0.3 is 0 Å². The van der Waals surface area contributed by atoms with Crippen molar-refractivity contribution in [3.63, 3.8) is 0 Å². The minimum absolute atomic E-state index is 0.0679. The van der Waals surface area contributed by atoms with E-state index in [0.717, 1.165) is 24.1 Å². The van der Waals surface area contributed by atoms with Crippen LogP contribution in [0.4, 0.5) is 5.69 Å². The molecule has 3 rings (SSSR count). The zero-order chi connectivity index (χ0) is 20.9. The Kier molecular flexibility index (Phi) is 6.89. The maximum absolute atomic E-state index is 12.4. The van der Waals surface area contributed by atoms with Gasteiger partial charge in [0, 0.05) is 45.0 Å². The summed E-state index contributed by atoms with van der Waals surface area (Å²) in [5, 5.41) is 2.85. The van der Waals surface area contributed by atoms with Crippen molar-refractivity contribution in [2.75, 3.05) is 32.1 Å². The van der Waals surface area contributed by atoms with Crippen LogP contribution in [0.5, 0.6) is 0 Å². The number of sulfonamides is 1. The normalized spacial score (nSPS) is 16.6. The van der Waals surface area contributed by atoms with Crippen LogP contribution in [0.1, 0.15) is 28.8 Å². The number of nitrogens with zero attached hydrogens (tertiary/aromatic N) is 1. The molecule has 1 amide bonds. The Hall–Kier alpha value is -2.42. The standard InChI is InChI=1S/C21H27N3O4S/c1-24(2)18-9-5-16(6-10-18)14-22-21(25)17-7-11-20(12-8-17)29(26,27)23-15-19-4-3-13-28-19/h5-12,19,23H,3-4,13-15H2,1-2H3,(H,22,25). The molecule has 0 aromatic heterocycles. The lowest BCUT2D eigenvalue weighted by atomic mass is 10.2. The average molecular weight is 418 g/mol. The number of carbonyl (C=O) groups excluding carboxylic acids is 1. The molecular weight excluding hydrogens is 390 g/mol. The number of hydrogen-bond donors (Lipinski definition) is 2. The van der Waals surface area contributed by atoms with Crippen molar-refractivity contribution >= 4 is 21.6 Å². The molecular formula is C21H27N3O4S. The van der Waals surface area contributed by atoms with Gasteiger partial charge in [0.05, 0.1) is 11.0 Å². The Morgan fingerprint density at radius 1 is 1.10 bits per heavy atom. The van der Waals surface area contributed by atoms with Gasteiger partial charge in [-0.25, -0.2) is 13.1 Å². The molecule has 156 valence electrons. The van der Waals surface area contributed by atoms with Crippen molar-refractivity contribution in [2.24, 2.45) is 0 Å². The van der Waals surface area contributed by atoms with Crippen LogP contribution in [-0.2, 0) is 21.3 Å². The maximum Gasteiger partial charge on any atom is 0.251 e. The van der Waals surface area contributed by atoms with Crippen LogP contribution in [0.15, 0.2) is 53.4 Å². The quantitative estimate of drug-likeness (QED) is 0.687. The minimum atomic E-state index is -3.62. The predicted octanol–water partition coefficient (Wildman–Crippen LogP) is 2.14. The number of anilines is 1. The summed E-state index contributed by atoms with van der Waals surface area (Å²) in [6.07, 6.45) is 1.75.